The predicted octanol–water partition coefficient (Wildman–Crippen LogP) is 3.12. The first-order valence-electron chi connectivity index (χ1n) is 9.55. The van der Waals surface area contributed by atoms with E-state index in [0.717, 1.165) is 16.0 Å². The Labute approximate surface area is 172 Å². The molecule has 3 aromatic rings. The summed E-state index contributed by atoms with van der Waals surface area (Å²) in [5.74, 6) is 1.86. The summed E-state index contributed by atoms with van der Waals surface area (Å²) in [6, 6.07) is 14.5. The highest BCUT2D eigenvalue weighted by Gasteiger charge is 2.48. The standard InChI is InChI=1S/C22H19N3O5/c1-22(10-14-7-8-16-17(9-14)29-13-28-16)20(26)25(21(27)24-22)12-19-23-11-18(30-19)15-5-3-2-4-6-15/h2-9,11H,10,12-13H2,1H3,(H,24,27)/t22-/m0/s1. The van der Waals surface area contributed by atoms with Gasteiger partial charge in [0.2, 0.25) is 12.7 Å². The fraction of sp³-hybridized carbons (Fsp3) is 0.227. The van der Waals surface area contributed by atoms with Crippen LogP contribution in [0.5, 0.6) is 11.5 Å². The number of benzene rings is 2. The molecule has 1 saturated heterocycles. The van der Waals surface area contributed by atoms with E-state index in [9.17, 15) is 9.59 Å². The number of carbonyl (C=O) groups is 2. The Balaban J connectivity index is 1.32. The molecule has 8 nitrogen and oxygen atoms in total. The molecule has 1 aromatic heterocycles. The second-order valence-electron chi connectivity index (χ2n) is 7.50. The molecular weight excluding hydrogens is 386 g/mol. The number of amides is 3. The Morgan fingerprint density at radius 3 is 2.73 bits per heavy atom. The zero-order valence-corrected chi connectivity index (χ0v) is 16.3. The summed E-state index contributed by atoms with van der Waals surface area (Å²) in [4.78, 5) is 31.0. The van der Waals surface area contributed by atoms with Crippen LogP contribution in [0.2, 0.25) is 0 Å². The zero-order chi connectivity index (χ0) is 20.7. The van der Waals surface area contributed by atoms with Crippen molar-refractivity contribution in [2.45, 2.75) is 25.4 Å². The van der Waals surface area contributed by atoms with Crippen LogP contribution in [0.4, 0.5) is 4.79 Å². The van der Waals surface area contributed by atoms with Gasteiger partial charge >= 0.3 is 6.03 Å². The number of carbonyl (C=O) groups excluding carboxylic acids is 2. The van der Waals surface area contributed by atoms with Crippen molar-refractivity contribution < 1.29 is 23.5 Å². The van der Waals surface area contributed by atoms with Gasteiger partial charge in [-0.3, -0.25) is 9.69 Å². The third-order valence-electron chi connectivity index (χ3n) is 5.25. The van der Waals surface area contributed by atoms with Gasteiger partial charge in [-0.1, -0.05) is 36.4 Å². The number of fused-ring (bicyclic) bond motifs is 1. The molecule has 30 heavy (non-hydrogen) atoms. The molecule has 2 aromatic carbocycles. The molecule has 5 rings (SSSR count). The zero-order valence-electron chi connectivity index (χ0n) is 16.3. The summed E-state index contributed by atoms with van der Waals surface area (Å²) in [7, 11) is 0. The van der Waals surface area contributed by atoms with E-state index in [1.807, 2.05) is 42.5 Å². The normalized spacial score (nSPS) is 20.0. The summed E-state index contributed by atoms with van der Waals surface area (Å²) >= 11 is 0. The molecule has 1 atom stereocenters. The van der Waals surface area contributed by atoms with Crippen LogP contribution in [0, 0.1) is 0 Å². The molecular formula is C22H19N3O5. The Kier molecular flexibility index (Phi) is 4.20. The fourth-order valence-corrected chi connectivity index (χ4v) is 3.72. The molecule has 3 heterocycles. The van der Waals surface area contributed by atoms with Crippen LogP contribution in [-0.4, -0.2) is 34.2 Å². The Morgan fingerprint density at radius 2 is 1.90 bits per heavy atom. The molecule has 0 aliphatic carbocycles. The Bertz CT molecular complexity index is 1130. The van der Waals surface area contributed by atoms with Crippen LogP contribution >= 0.6 is 0 Å². The first kappa shape index (κ1) is 18.2. The van der Waals surface area contributed by atoms with Crippen molar-refractivity contribution in [3.8, 4) is 22.8 Å². The van der Waals surface area contributed by atoms with Crippen molar-refractivity contribution >= 4 is 11.9 Å². The third-order valence-corrected chi connectivity index (χ3v) is 5.25. The lowest BCUT2D eigenvalue weighted by molar-refractivity contribution is -0.131. The number of hydrogen-bond acceptors (Lipinski definition) is 6. The van der Waals surface area contributed by atoms with Gasteiger partial charge in [0.05, 0.1) is 6.20 Å². The largest absolute Gasteiger partial charge is 0.454 e. The van der Waals surface area contributed by atoms with Crippen LogP contribution in [-0.2, 0) is 17.8 Å². The number of rotatable bonds is 5. The van der Waals surface area contributed by atoms with E-state index < -0.39 is 11.6 Å². The van der Waals surface area contributed by atoms with Crippen molar-refractivity contribution in [3.63, 3.8) is 0 Å². The minimum absolute atomic E-state index is 0.0335. The van der Waals surface area contributed by atoms with E-state index in [0.29, 0.717) is 29.6 Å². The van der Waals surface area contributed by atoms with Crippen molar-refractivity contribution in [1.29, 1.82) is 0 Å². The van der Waals surface area contributed by atoms with Gasteiger partial charge in [0.25, 0.3) is 5.91 Å². The quantitative estimate of drug-likeness (QED) is 0.656. The molecule has 1 fully saturated rings. The molecule has 0 spiro atoms. The van der Waals surface area contributed by atoms with Gasteiger partial charge in [0.15, 0.2) is 17.3 Å². The summed E-state index contributed by atoms with van der Waals surface area (Å²) in [5, 5.41) is 2.80. The summed E-state index contributed by atoms with van der Waals surface area (Å²) in [6.45, 7) is 1.86. The third kappa shape index (κ3) is 3.16. The average Bonchev–Trinajstić information content (AvgIpc) is 3.45. The SMILES string of the molecule is C[C@@]1(Cc2ccc3c(c2)OCO3)NC(=O)N(Cc2ncc(-c3ccccc3)o2)C1=O. The molecule has 2 aliphatic rings. The lowest BCUT2D eigenvalue weighted by atomic mass is 9.92. The molecule has 2 aliphatic heterocycles. The maximum absolute atomic E-state index is 13.1. The van der Waals surface area contributed by atoms with E-state index in [4.69, 9.17) is 13.9 Å². The van der Waals surface area contributed by atoms with E-state index in [1.54, 1.807) is 19.2 Å². The highest BCUT2D eigenvalue weighted by atomic mass is 16.7. The molecule has 3 amide bonds. The van der Waals surface area contributed by atoms with E-state index in [-0.39, 0.29) is 19.2 Å². The average molecular weight is 405 g/mol. The van der Waals surface area contributed by atoms with E-state index >= 15 is 0 Å². The molecule has 0 unspecified atom stereocenters. The number of nitrogens with zero attached hydrogens (tertiary/aromatic N) is 2. The Hall–Kier alpha value is -3.81. The van der Waals surface area contributed by atoms with Gasteiger partial charge in [-0.25, -0.2) is 9.78 Å². The maximum Gasteiger partial charge on any atom is 0.325 e. The fourth-order valence-electron chi connectivity index (χ4n) is 3.72. The minimum atomic E-state index is -1.07. The molecule has 152 valence electrons. The summed E-state index contributed by atoms with van der Waals surface area (Å²) in [6.07, 6.45) is 1.92. The Morgan fingerprint density at radius 1 is 1.10 bits per heavy atom. The molecule has 1 N–H and O–H groups in total. The molecule has 0 bridgehead atoms. The number of urea groups is 1. The van der Waals surface area contributed by atoms with Crippen molar-refractivity contribution in [3.05, 3.63) is 66.2 Å². The van der Waals surface area contributed by atoms with Crippen LogP contribution in [0.3, 0.4) is 0 Å². The smallest absolute Gasteiger partial charge is 0.325 e. The second-order valence-corrected chi connectivity index (χ2v) is 7.50. The van der Waals surface area contributed by atoms with Gasteiger partial charge in [0, 0.05) is 12.0 Å². The summed E-state index contributed by atoms with van der Waals surface area (Å²) in [5.41, 5.74) is 0.667. The number of aromatic nitrogens is 1. The van der Waals surface area contributed by atoms with Crippen molar-refractivity contribution in [1.82, 2.24) is 15.2 Å². The lowest BCUT2D eigenvalue weighted by Crippen LogP contribution is -2.45. The summed E-state index contributed by atoms with van der Waals surface area (Å²) < 4.78 is 16.5. The highest BCUT2D eigenvalue weighted by molar-refractivity contribution is 6.06. The minimum Gasteiger partial charge on any atom is -0.454 e. The number of oxazole rings is 1. The lowest BCUT2D eigenvalue weighted by Gasteiger charge is -2.21. The monoisotopic (exact) mass is 405 g/mol. The van der Waals surface area contributed by atoms with Crippen LogP contribution in [0.15, 0.2) is 59.1 Å². The van der Waals surface area contributed by atoms with Gasteiger partial charge in [-0.2, -0.15) is 0 Å². The number of nitrogens with one attached hydrogen (secondary N) is 1. The molecule has 0 saturated carbocycles. The molecule has 0 radical (unpaired) electrons. The second kappa shape index (κ2) is 6.91. The van der Waals surface area contributed by atoms with Gasteiger partial charge in [-0.15, -0.1) is 0 Å². The predicted molar refractivity (Wildman–Crippen MR) is 106 cm³/mol. The van der Waals surface area contributed by atoms with Crippen molar-refractivity contribution in [2.24, 2.45) is 0 Å². The van der Waals surface area contributed by atoms with Gasteiger partial charge < -0.3 is 19.2 Å². The van der Waals surface area contributed by atoms with Gasteiger partial charge in [-0.05, 0) is 24.6 Å². The van der Waals surface area contributed by atoms with Crippen LogP contribution in [0.25, 0.3) is 11.3 Å². The van der Waals surface area contributed by atoms with Gasteiger partial charge in [0.1, 0.15) is 12.1 Å². The first-order valence-corrected chi connectivity index (χ1v) is 9.55. The first-order chi connectivity index (χ1) is 14.5. The number of ether oxygens (including phenoxy) is 2. The number of hydrogen-bond donors (Lipinski definition) is 1. The molecule has 8 heteroatoms. The maximum atomic E-state index is 13.1. The van der Waals surface area contributed by atoms with E-state index in [2.05, 4.69) is 10.3 Å². The van der Waals surface area contributed by atoms with Crippen LogP contribution in [0.1, 0.15) is 18.4 Å². The van der Waals surface area contributed by atoms with E-state index in [1.165, 1.54) is 0 Å². The highest BCUT2D eigenvalue weighted by Crippen LogP contribution is 2.34. The van der Waals surface area contributed by atoms with Crippen LogP contribution < -0.4 is 14.8 Å². The topological polar surface area (TPSA) is 93.9 Å². The van der Waals surface area contributed by atoms with Crippen molar-refractivity contribution in [2.75, 3.05) is 6.79 Å². The number of imide groups is 1.